The highest BCUT2D eigenvalue weighted by Crippen LogP contribution is 2.30. The lowest BCUT2D eigenvalue weighted by Crippen LogP contribution is -2.36. The number of carbonyl (C=O) groups is 1. The summed E-state index contributed by atoms with van der Waals surface area (Å²) >= 11 is 0. The zero-order chi connectivity index (χ0) is 17.2. The molecule has 4 rings (SSSR count). The second-order valence-electron chi connectivity index (χ2n) is 6.29. The van der Waals surface area contributed by atoms with E-state index < -0.39 is 0 Å². The number of fused-ring (bicyclic) bond motifs is 3. The Morgan fingerprint density at radius 2 is 2.12 bits per heavy atom. The third-order valence-electron chi connectivity index (χ3n) is 4.32. The first-order valence-electron chi connectivity index (χ1n) is 8.35. The maximum atomic E-state index is 12.4. The number of carbonyl (C=O) groups excluding carboxylic acids is 1. The van der Waals surface area contributed by atoms with Gasteiger partial charge in [0.2, 0.25) is 5.91 Å². The molecule has 0 aliphatic carbocycles. The van der Waals surface area contributed by atoms with Crippen molar-refractivity contribution >= 4 is 27.6 Å². The second kappa shape index (κ2) is 6.43. The van der Waals surface area contributed by atoms with Gasteiger partial charge in [-0.05, 0) is 29.8 Å². The van der Waals surface area contributed by atoms with Crippen LogP contribution in [0.25, 0.3) is 21.7 Å². The van der Waals surface area contributed by atoms with Gasteiger partial charge in [-0.3, -0.25) is 9.48 Å². The van der Waals surface area contributed by atoms with Crippen LogP contribution in [0.1, 0.15) is 12.5 Å². The van der Waals surface area contributed by atoms with E-state index in [1.54, 1.807) is 12.5 Å². The topological polar surface area (TPSA) is 60.1 Å². The standard InChI is InChI=1S/C20H19N3O2/c1-14(12-23-10-4-9-21-23)22-19(24)11-16-13-25-18-8-7-15-5-2-3-6-17(15)20(16)18/h2-10,13-14H,11-12H2,1H3,(H,22,24). The average molecular weight is 333 g/mol. The van der Waals surface area contributed by atoms with Crippen molar-refractivity contribution in [3.05, 3.63) is 66.7 Å². The molecule has 1 N–H and O–H groups in total. The van der Waals surface area contributed by atoms with Gasteiger partial charge in [0.15, 0.2) is 0 Å². The molecule has 0 fully saturated rings. The Labute approximate surface area is 145 Å². The molecule has 0 bridgehead atoms. The van der Waals surface area contributed by atoms with Gasteiger partial charge in [-0.1, -0.05) is 30.3 Å². The highest BCUT2D eigenvalue weighted by atomic mass is 16.3. The maximum absolute atomic E-state index is 12.4. The van der Waals surface area contributed by atoms with Gasteiger partial charge in [-0.25, -0.2) is 0 Å². The van der Waals surface area contributed by atoms with Gasteiger partial charge < -0.3 is 9.73 Å². The number of rotatable bonds is 5. The van der Waals surface area contributed by atoms with Crippen LogP contribution in [-0.4, -0.2) is 21.7 Å². The molecule has 126 valence electrons. The van der Waals surface area contributed by atoms with E-state index in [9.17, 15) is 4.79 Å². The third kappa shape index (κ3) is 3.13. The van der Waals surface area contributed by atoms with Crippen molar-refractivity contribution in [1.29, 1.82) is 0 Å². The van der Waals surface area contributed by atoms with Crippen LogP contribution in [0.15, 0.2) is 65.5 Å². The lowest BCUT2D eigenvalue weighted by molar-refractivity contribution is -0.121. The average Bonchev–Trinajstić information content (AvgIpc) is 3.24. The normalized spacial score (nSPS) is 12.5. The molecule has 2 aromatic heterocycles. The molecular formula is C20H19N3O2. The fourth-order valence-corrected chi connectivity index (χ4v) is 3.24. The minimum absolute atomic E-state index is 0.00214. The molecule has 1 atom stereocenters. The van der Waals surface area contributed by atoms with E-state index in [0.29, 0.717) is 13.0 Å². The van der Waals surface area contributed by atoms with Gasteiger partial charge >= 0.3 is 0 Å². The molecule has 5 nitrogen and oxygen atoms in total. The number of furan rings is 1. The minimum atomic E-state index is -0.0182. The summed E-state index contributed by atoms with van der Waals surface area (Å²) in [5.41, 5.74) is 1.72. The van der Waals surface area contributed by atoms with Crippen molar-refractivity contribution in [2.45, 2.75) is 25.9 Å². The monoisotopic (exact) mass is 333 g/mol. The van der Waals surface area contributed by atoms with Crippen LogP contribution >= 0.6 is 0 Å². The maximum Gasteiger partial charge on any atom is 0.224 e. The van der Waals surface area contributed by atoms with Crippen LogP contribution in [-0.2, 0) is 17.8 Å². The van der Waals surface area contributed by atoms with E-state index in [1.165, 1.54) is 0 Å². The Morgan fingerprint density at radius 3 is 2.96 bits per heavy atom. The van der Waals surface area contributed by atoms with E-state index in [-0.39, 0.29) is 11.9 Å². The molecule has 25 heavy (non-hydrogen) atoms. The van der Waals surface area contributed by atoms with E-state index in [2.05, 4.69) is 22.5 Å². The summed E-state index contributed by atoms with van der Waals surface area (Å²) < 4.78 is 7.47. The lowest BCUT2D eigenvalue weighted by atomic mass is 10.0. The summed E-state index contributed by atoms with van der Waals surface area (Å²) in [5, 5.41) is 10.5. The Morgan fingerprint density at radius 1 is 1.24 bits per heavy atom. The molecule has 4 aromatic rings. The molecule has 5 heteroatoms. The Bertz CT molecular complexity index is 1020. The van der Waals surface area contributed by atoms with Gasteiger partial charge in [-0.2, -0.15) is 5.10 Å². The van der Waals surface area contributed by atoms with Crippen molar-refractivity contribution in [2.24, 2.45) is 0 Å². The van der Waals surface area contributed by atoms with Gasteiger partial charge in [0.25, 0.3) is 0 Å². The van der Waals surface area contributed by atoms with E-state index in [4.69, 9.17) is 4.42 Å². The van der Waals surface area contributed by atoms with Crippen molar-refractivity contribution in [3.63, 3.8) is 0 Å². The van der Waals surface area contributed by atoms with Gasteiger partial charge in [-0.15, -0.1) is 0 Å². The minimum Gasteiger partial charge on any atom is -0.464 e. The molecule has 0 aliphatic heterocycles. The first-order chi connectivity index (χ1) is 12.2. The number of aromatic nitrogens is 2. The highest BCUT2D eigenvalue weighted by Gasteiger charge is 2.14. The van der Waals surface area contributed by atoms with Gasteiger partial charge in [0.1, 0.15) is 5.58 Å². The first-order valence-corrected chi connectivity index (χ1v) is 8.35. The molecule has 0 aliphatic rings. The predicted molar refractivity (Wildman–Crippen MR) is 97.3 cm³/mol. The van der Waals surface area contributed by atoms with E-state index >= 15 is 0 Å². The van der Waals surface area contributed by atoms with Crippen LogP contribution < -0.4 is 5.32 Å². The Hall–Kier alpha value is -3.08. The van der Waals surface area contributed by atoms with Crippen LogP contribution in [0.4, 0.5) is 0 Å². The molecule has 1 unspecified atom stereocenters. The molecule has 0 radical (unpaired) electrons. The van der Waals surface area contributed by atoms with E-state index in [0.717, 1.165) is 27.3 Å². The molecule has 0 saturated carbocycles. The quantitative estimate of drug-likeness (QED) is 0.608. The summed E-state index contributed by atoms with van der Waals surface area (Å²) in [4.78, 5) is 12.4. The van der Waals surface area contributed by atoms with Crippen molar-refractivity contribution in [1.82, 2.24) is 15.1 Å². The largest absolute Gasteiger partial charge is 0.464 e. The lowest BCUT2D eigenvalue weighted by Gasteiger charge is -2.13. The number of nitrogens with one attached hydrogen (secondary N) is 1. The van der Waals surface area contributed by atoms with Gasteiger partial charge in [0.05, 0.1) is 19.2 Å². The number of benzene rings is 2. The van der Waals surface area contributed by atoms with E-state index in [1.807, 2.05) is 48.1 Å². The first kappa shape index (κ1) is 15.4. The fraction of sp³-hybridized carbons (Fsp3) is 0.200. The summed E-state index contributed by atoms with van der Waals surface area (Å²) in [5.74, 6) is -0.0182. The number of amides is 1. The number of hydrogen-bond donors (Lipinski definition) is 1. The van der Waals surface area contributed by atoms with Crippen molar-refractivity contribution in [3.8, 4) is 0 Å². The van der Waals surface area contributed by atoms with Gasteiger partial charge in [0, 0.05) is 29.4 Å². The fourth-order valence-electron chi connectivity index (χ4n) is 3.24. The molecule has 0 spiro atoms. The Kier molecular flexibility index (Phi) is 3.98. The summed E-state index contributed by atoms with van der Waals surface area (Å²) in [6, 6.07) is 14.0. The summed E-state index contributed by atoms with van der Waals surface area (Å²) in [7, 11) is 0. The summed E-state index contributed by atoms with van der Waals surface area (Å²) in [6.45, 7) is 2.62. The summed E-state index contributed by atoms with van der Waals surface area (Å²) in [6.07, 6.45) is 5.61. The number of hydrogen-bond acceptors (Lipinski definition) is 3. The smallest absolute Gasteiger partial charge is 0.224 e. The molecule has 1 amide bonds. The second-order valence-corrected chi connectivity index (χ2v) is 6.29. The van der Waals surface area contributed by atoms with Crippen LogP contribution in [0.3, 0.4) is 0 Å². The van der Waals surface area contributed by atoms with Crippen molar-refractivity contribution < 1.29 is 9.21 Å². The third-order valence-corrected chi connectivity index (χ3v) is 4.32. The van der Waals surface area contributed by atoms with Crippen LogP contribution in [0, 0.1) is 0 Å². The van der Waals surface area contributed by atoms with Crippen molar-refractivity contribution in [2.75, 3.05) is 0 Å². The predicted octanol–water partition coefficient (Wildman–Crippen LogP) is 3.53. The molecular weight excluding hydrogens is 314 g/mol. The highest BCUT2D eigenvalue weighted by molar-refractivity contribution is 6.08. The van der Waals surface area contributed by atoms with Crippen LogP contribution in [0.5, 0.6) is 0 Å². The number of nitrogens with zero attached hydrogens (tertiary/aromatic N) is 2. The zero-order valence-corrected chi connectivity index (χ0v) is 14.0. The molecule has 0 saturated heterocycles. The Balaban J connectivity index is 1.54. The molecule has 2 aromatic carbocycles. The van der Waals surface area contributed by atoms with Crippen LogP contribution in [0.2, 0.25) is 0 Å². The zero-order valence-electron chi connectivity index (χ0n) is 14.0. The SMILES string of the molecule is CC(Cn1cccn1)NC(=O)Cc1coc2ccc3ccccc3c12. The molecule has 2 heterocycles.